The quantitative estimate of drug-likeness (QED) is 0.231. The molecule has 0 radical (unpaired) electrons. The van der Waals surface area contributed by atoms with Crippen molar-refractivity contribution in [3.8, 4) is 22.5 Å². The van der Waals surface area contributed by atoms with Gasteiger partial charge in [-0.1, -0.05) is 67.7 Å². The van der Waals surface area contributed by atoms with Crippen LogP contribution < -0.4 is 0 Å². The van der Waals surface area contributed by atoms with Gasteiger partial charge in [0.2, 0.25) is 0 Å². The molecule has 0 fully saturated rings. The normalized spacial score (nSPS) is 11.0. The maximum Gasteiger partial charge on any atom is 0.389 e. The summed E-state index contributed by atoms with van der Waals surface area (Å²) in [5, 5.41) is 20.1. The molecule has 0 saturated carbocycles. The molecule has 0 unspecified atom stereocenters. The second-order valence-corrected chi connectivity index (χ2v) is 8.35. The number of aromatic nitrogens is 4. The van der Waals surface area contributed by atoms with Gasteiger partial charge in [-0.2, -0.15) is 9.78 Å². The molecule has 0 atom stereocenters. The average molecular weight is 538 g/mol. The lowest BCUT2D eigenvalue weighted by molar-refractivity contribution is -0.389. The van der Waals surface area contributed by atoms with Gasteiger partial charge in [0.1, 0.15) is 5.69 Å². The third kappa shape index (κ3) is 4.12. The van der Waals surface area contributed by atoms with Crippen LogP contribution in [0.15, 0.2) is 69.7 Å². The van der Waals surface area contributed by atoms with E-state index in [0.717, 1.165) is 20.1 Å². The van der Waals surface area contributed by atoms with Crippen molar-refractivity contribution in [1.29, 1.82) is 0 Å². The van der Waals surface area contributed by atoms with Crippen LogP contribution in [-0.2, 0) is 6.67 Å². The highest BCUT2D eigenvalue weighted by atomic mass is 79.9. The highest BCUT2D eigenvalue weighted by Gasteiger charge is 2.21. The number of nitrogens with zero attached hydrogens (tertiary/aromatic N) is 5. The summed E-state index contributed by atoms with van der Waals surface area (Å²) in [6.07, 6.45) is 1.54. The summed E-state index contributed by atoms with van der Waals surface area (Å²) in [6, 6.07) is 16.7. The zero-order chi connectivity index (χ0) is 20.5. The molecule has 0 spiro atoms. The molecule has 0 bridgehead atoms. The van der Waals surface area contributed by atoms with Crippen LogP contribution in [0.1, 0.15) is 0 Å². The Balaban J connectivity index is 1.85. The molecule has 146 valence electrons. The van der Waals surface area contributed by atoms with Crippen molar-refractivity contribution in [2.45, 2.75) is 6.67 Å². The second-order valence-electron chi connectivity index (χ2n) is 6.14. The van der Waals surface area contributed by atoms with E-state index < -0.39 is 4.92 Å². The van der Waals surface area contributed by atoms with Gasteiger partial charge in [0, 0.05) is 20.1 Å². The van der Waals surface area contributed by atoms with Crippen molar-refractivity contribution in [2.75, 3.05) is 0 Å². The summed E-state index contributed by atoms with van der Waals surface area (Å²) < 4.78 is 4.95. The van der Waals surface area contributed by atoms with Crippen LogP contribution in [0.2, 0.25) is 5.02 Å². The number of nitro groups is 1. The molecule has 0 N–H and O–H groups in total. The van der Waals surface area contributed by atoms with Gasteiger partial charge in [-0.25, -0.2) is 4.68 Å². The molecule has 0 aliphatic heterocycles. The molecule has 10 heteroatoms. The smallest absolute Gasteiger partial charge is 0.358 e. The number of hydrogen-bond donors (Lipinski definition) is 0. The van der Waals surface area contributed by atoms with Crippen LogP contribution in [-0.4, -0.2) is 24.5 Å². The lowest BCUT2D eigenvalue weighted by atomic mass is 10.1. The standard InChI is InChI=1S/C19H12Br2ClN5O2/c20-14-5-1-3-12(9-14)18-17(22)19(13-4-2-6-15(21)10-13)26(24-18)11-25-8-7-16(23-25)27(28)29/h1-10H,11H2. The molecule has 0 aliphatic rings. The van der Waals surface area contributed by atoms with E-state index in [0.29, 0.717) is 16.4 Å². The first-order chi connectivity index (χ1) is 13.9. The molecule has 0 saturated heterocycles. The Morgan fingerprint density at radius 3 is 2.28 bits per heavy atom. The van der Waals surface area contributed by atoms with E-state index in [9.17, 15) is 10.1 Å². The predicted octanol–water partition coefficient (Wildman–Crippen LogP) is 6.01. The van der Waals surface area contributed by atoms with E-state index >= 15 is 0 Å². The Bertz CT molecular complexity index is 1220. The maximum absolute atomic E-state index is 10.9. The van der Waals surface area contributed by atoms with Gasteiger partial charge in [0.05, 0.1) is 28.1 Å². The summed E-state index contributed by atoms with van der Waals surface area (Å²) in [6.45, 7) is 0.170. The summed E-state index contributed by atoms with van der Waals surface area (Å²) in [7, 11) is 0. The highest BCUT2D eigenvalue weighted by Crippen LogP contribution is 2.37. The van der Waals surface area contributed by atoms with E-state index in [1.165, 1.54) is 16.9 Å². The number of hydrogen-bond acceptors (Lipinski definition) is 4. The molecule has 2 aromatic carbocycles. The van der Waals surface area contributed by atoms with Crippen LogP contribution in [0.5, 0.6) is 0 Å². The van der Waals surface area contributed by atoms with Crippen molar-refractivity contribution in [3.05, 3.63) is 84.9 Å². The van der Waals surface area contributed by atoms with Gasteiger partial charge in [0.25, 0.3) is 0 Å². The summed E-state index contributed by atoms with van der Waals surface area (Å²) >= 11 is 13.7. The molecule has 2 aromatic heterocycles. The van der Waals surface area contributed by atoms with E-state index in [1.807, 2.05) is 48.5 Å². The Hall–Kier alpha value is -2.49. The minimum absolute atomic E-state index is 0.170. The fourth-order valence-corrected chi connectivity index (χ4v) is 4.09. The molecular weight excluding hydrogens is 526 g/mol. The molecule has 4 rings (SSSR count). The van der Waals surface area contributed by atoms with Crippen molar-refractivity contribution in [1.82, 2.24) is 19.6 Å². The van der Waals surface area contributed by atoms with E-state index in [1.54, 1.807) is 4.68 Å². The van der Waals surface area contributed by atoms with Crippen LogP contribution in [0.25, 0.3) is 22.5 Å². The summed E-state index contributed by atoms with van der Waals surface area (Å²) in [4.78, 5) is 10.4. The lowest BCUT2D eigenvalue weighted by Crippen LogP contribution is -2.11. The van der Waals surface area contributed by atoms with Crippen LogP contribution in [0, 0.1) is 10.1 Å². The van der Waals surface area contributed by atoms with E-state index in [-0.39, 0.29) is 12.5 Å². The molecule has 4 aromatic rings. The molecule has 7 nitrogen and oxygen atoms in total. The maximum atomic E-state index is 10.9. The van der Waals surface area contributed by atoms with Gasteiger partial charge < -0.3 is 10.1 Å². The molecular formula is C19H12Br2ClN5O2. The van der Waals surface area contributed by atoms with Crippen LogP contribution in [0.3, 0.4) is 0 Å². The molecule has 0 amide bonds. The zero-order valence-corrected chi connectivity index (χ0v) is 18.6. The number of rotatable bonds is 5. The van der Waals surface area contributed by atoms with Crippen molar-refractivity contribution in [2.24, 2.45) is 0 Å². The van der Waals surface area contributed by atoms with Crippen molar-refractivity contribution < 1.29 is 4.92 Å². The summed E-state index contributed by atoms with van der Waals surface area (Å²) in [5.41, 5.74) is 3.02. The van der Waals surface area contributed by atoms with Crippen molar-refractivity contribution in [3.63, 3.8) is 0 Å². The lowest BCUT2D eigenvalue weighted by Gasteiger charge is -2.07. The first-order valence-corrected chi connectivity index (χ1v) is 10.3. The number of halogens is 3. The fraction of sp³-hybridized carbons (Fsp3) is 0.0526. The highest BCUT2D eigenvalue weighted by molar-refractivity contribution is 9.10. The van der Waals surface area contributed by atoms with Gasteiger partial charge in [-0.05, 0) is 29.2 Å². The van der Waals surface area contributed by atoms with Crippen LogP contribution >= 0.6 is 43.5 Å². The van der Waals surface area contributed by atoms with Gasteiger partial charge >= 0.3 is 5.82 Å². The van der Waals surface area contributed by atoms with Gasteiger partial charge in [-0.15, -0.1) is 0 Å². The third-order valence-electron chi connectivity index (χ3n) is 4.18. The minimum atomic E-state index is -0.533. The Morgan fingerprint density at radius 1 is 1.00 bits per heavy atom. The first kappa shape index (κ1) is 19.8. The Labute approximate surface area is 187 Å². The topological polar surface area (TPSA) is 78.8 Å². The summed E-state index contributed by atoms with van der Waals surface area (Å²) in [5.74, 6) is -0.223. The SMILES string of the molecule is O=[N+]([O-])c1ccn(Cn2nc(-c3cccc(Br)c3)c(Cl)c2-c2cccc(Br)c2)n1. The van der Waals surface area contributed by atoms with Crippen molar-refractivity contribution >= 4 is 49.3 Å². The van der Waals surface area contributed by atoms with E-state index in [4.69, 9.17) is 16.7 Å². The largest absolute Gasteiger partial charge is 0.389 e. The average Bonchev–Trinajstić information content (AvgIpc) is 3.27. The van der Waals surface area contributed by atoms with Gasteiger partial charge in [-0.3, -0.25) is 0 Å². The monoisotopic (exact) mass is 535 g/mol. The minimum Gasteiger partial charge on any atom is -0.358 e. The Morgan fingerprint density at radius 2 is 1.66 bits per heavy atom. The molecule has 29 heavy (non-hydrogen) atoms. The fourth-order valence-electron chi connectivity index (χ4n) is 2.94. The third-order valence-corrected chi connectivity index (χ3v) is 5.53. The number of benzene rings is 2. The first-order valence-electron chi connectivity index (χ1n) is 8.38. The molecule has 0 aliphatic carbocycles. The Kier molecular flexibility index (Phi) is 5.53. The van der Waals surface area contributed by atoms with Crippen LogP contribution in [0.4, 0.5) is 5.82 Å². The van der Waals surface area contributed by atoms with E-state index in [2.05, 4.69) is 37.0 Å². The molecule has 2 heterocycles. The zero-order valence-electron chi connectivity index (χ0n) is 14.7. The predicted molar refractivity (Wildman–Crippen MR) is 118 cm³/mol. The second kappa shape index (κ2) is 8.10. The van der Waals surface area contributed by atoms with Gasteiger partial charge in [0.15, 0.2) is 6.67 Å².